The fourth-order valence-electron chi connectivity index (χ4n) is 2.06. The maximum absolute atomic E-state index is 10.9. The molecule has 0 fully saturated rings. The van der Waals surface area contributed by atoms with E-state index in [0.29, 0.717) is 11.3 Å². The highest BCUT2D eigenvalue weighted by Gasteiger charge is 2.25. The fourth-order valence-corrected chi connectivity index (χ4v) is 2.06. The Hall–Kier alpha value is -2.11. The van der Waals surface area contributed by atoms with Gasteiger partial charge in [0.1, 0.15) is 17.9 Å². The van der Waals surface area contributed by atoms with E-state index in [1.807, 2.05) is 18.2 Å². The van der Waals surface area contributed by atoms with Crippen molar-refractivity contribution in [2.45, 2.75) is 12.1 Å². The summed E-state index contributed by atoms with van der Waals surface area (Å²) in [5, 5.41) is 20.5. The minimum absolute atomic E-state index is 0.478. The molecule has 0 aromatic heterocycles. The van der Waals surface area contributed by atoms with Gasteiger partial charge in [0.25, 0.3) is 0 Å². The van der Waals surface area contributed by atoms with Crippen LogP contribution in [0.25, 0.3) is 10.8 Å². The monoisotopic (exact) mass is 261 g/mol. The van der Waals surface area contributed by atoms with E-state index >= 15 is 0 Å². The quantitative estimate of drug-likeness (QED) is 0.771. The van der Waals surface area contributed by atoms with Crippen molar-refractivity contribution < 1.29 is 19.7 Å². The van der Waals surface area contributed by atoms with Gasteiger partial charge in [-0.3, -0.25) is 4.79 Å². The van der Waals surface area contributed by atoms with Gasteiger partial charge in [-0.05, 0) is 17.0 Å². The van der Waals surface area contributed by atoms with Gasteiger partial charge in [-0.25, -0.2) is 0 Å². The van der Waals surface area contributed by atoms with Crippen molar-refractivity contribution in [1.82, 2.24) is 0 Å². The van der Waals surface area contributed by atoms with Crippen molar-refractivity contribution in [1.29, 1.82) is 0 Å². The molecule has 0 spiro atoms. The number of nitrogens with two attached hydrogens (primary N) is 1. The number of benzene rings is 2. The number of hydrogen-bond donors (Lipinski definition) is 3. The number of aliphatic hydroxyl groups excluding tert-OH is 1. The van der Waals surface area contributed by atoms with Crippen molar-refractivity contribution in [3.05, 3.63) is 42.0 Å². The number of carbonyl (C=O) groups is 1. The number of aliphatic carboxylic acids is 1. The number of carboxylic acid groups (broad SMARTS) is 1. The molecule has 19 heavy (non-hydrogen) atoms. The molecule has 0 radical (unpaired) electrons. The van der Waals surface area contributed by atoms with Crippen LogP contribution in [0.3, 0.4) is 0 Å². The van der Waals surface area contributed by atoms with Crippen LogP contribution in [0.5, 0.6) is 5.75 Å². The minimum Gasteiger partial charge on any atom is -0.496 e. The number of aliphatic hydroxyl groups is 1. The third-order valence-electron chi connectivity index (χ3n) is 3.08. The molecule has 0 heterocycles. The van der Waals surface area contributed by atoms with Crippen LogP contribution in [0.4, 0.5) is 0 Å². The van der Waals surface area contributed by atoms with Crippen LogP contribution in [-0.2, 0) is 4.79 Å². The van der Waals surface area contributed by atoms with Gasteiger partial charge in [0.15, 0.2) is 0 Å². The third kappa shape index (κ3) is 2.38. The average Bonchev–Trinajstić information content (AvgIpc) is 2.44. The zero-order valence-electron chi connectivity index (χ0n) is 10.4. The molecular formula is C14H15NO4. The number of ether oxygens (including phenoxy) is 1. The first-order chi connectivity index (χ1) is 9.06. The molecule has 2 aromatic rings. The molecule has 100 valence electrons. The summed E-state index contributed by atoms with van der Waals surface area (Å²) in [4.78, 5) is 10.9. The molecular weight excluding hydrogens is 246 g/mol. The first-order valence-electron chi connectivity index (χ1n) is 5.78. The number of methoxy groups -OCH3 is 1. The average molecular weight is 261 g/mol. The lowest BCUT2D eigenvalue weighted by Crippen LogP contribution is -2.36. The molecule has 5 heteroatoms. The molecule has 0 amide bonds. The third-order valence-corrected chi connectivity index (χ3v) is 3.08. The Labute approximate surface area is 110 Å². The van der Waals surface area contributed by atoms with Gasteiger partial charge in [0, 0.05) is 5.39 Å². The fraction of sp³-hybridized carbons (Fsp3) is 0.214. The van der Waals surface area contributed by atoms with Crippen LogP contribution in [0.15, 0.2) is 36.4 Å². The second-order valence-corrected chi connectivity index (χ2v) is 4.21. The van der Waals surface area contributed by atoms with Crippen LogP contribution >= 0.6 is 0 Å². The van der Waals surface area contributed by atoms with Crippen molar-refractivity contribution >= 4 is 16.7 Å². The first kappa shape index (κ1) is 13.3. The Morgan fingerprint density at radius 2 is 1.84 bits per heavy atom. The van der Waals surface area contributed by atoms with Crippen molar-refractivity contribution in [3.63, 3.8) is 0 Å². The summed E-state index contributed by atoms with van der Waals surface area (Å²) in [5.41, 5.74) is 5.95. The van der Waals surface area contributed by atoms with Crippen LogP contribution in [0.1, 0.15) is 11.7 Å². The summed E-state index contributed by atoms with van der Waals surface area (Å²) in [6, 6.07) is 9.26. The smallest absolute Gasteiger partial charge is 0.323 e. The lowest BCUT2D eigenvalue weighted by Gasteiger charge is -2.18. The number of hydrogen-bond acceptors (Lipinski definition) is 4. The standard InChI is InChI=1S/C14H15NO4/c1-19-11-7-6-10(13(16)12(15)14(17)18)8-4-2-3-5-9(8)11/h2-7,12-13,16H,15H2,1H3,(H,17,18). The van der Waals surface area contributed by atoms with Gasteiger partial charge >= 0.3 is 5.97 Å². The van der Waals surface area contributed by atoms with Gasteiger partial charge in [-0.15, -0.1) is 0 Å². The van der Waals surface area contributed by atoms with Crippen molar-refractivity contribution in [2.75, 3.05) is 7.11 Å². The van der Waals surface area contributed by atoms with E-state index in [2.05, 4.69) is 0 Å². The molecule has 0 aliphatic heterocycles. The molecule has 0 aliphatic rings. The molecule has 0 aliphatic carbocycles. The van der Waals surface area contributed by atoms with Gasteiger partial charge < -0.3 is 20.7 Å². The summed E-state index contributed by atoms with van der Waals surface area (Å²) in [6.45, 7) is 0. The lowest BCUT2D eigenvalue weighted by atomic mass is 9.96. The summed E-state index contributed by atoms with van der Waals surface area (Å²) in [5.74, 6) is -0.581. The Bertz CT molecular complexity index is 611. The highest BCUT2D eigenvalue weighted by Crippen LogP contribution is 2.32. The highest BCUT2D eigenvalue weighted by atomic mass is 16.5. The zero-order valence-corrected chi connectivity index (χ0v) is 10.4. The Morgan fingerprint density at radius 3 is 2.42 bits per heavy atom. The van der Waals surface area contributed by atoms with Crippen LogP contribution in [0, 0.1) is 0 Å². The van der Waals surface area contributed by atoms with Crippen molar-refractivity contribution in [2.24, 2.45) is 5.73 Å². The predicted molar refractivity (Wildman–Crippen MR) is 71.1 cm³/mol. The van der Waals surface area contributed by atoms with E-state index in [1.165, 1.54) is 0 Å². The summed E-state index contributed by atoms with van der Waals surface area (Å²) >= 11 is 0. The van der Waals surface area contributed by atoms with Gasteiger partial charge in [0.05, 0.1) is 7.11 Å². The van der Waals surface area contributed by atoms with Crippen LogP contribution in [0.2, 0.25) is 0 Å². The SMILES string of the molecule is COc1ccc(C(O)C(N)C(=O)O)c2ccccc12. The van der Waals surface area contributed by atoms with Crippen LogP contribution in [-0.4, -0.2) is 29.3 Å². The number of carboxylic acids is 1. The number of rotatable bonds is 4. The molecule has 0 saturated carbocycles. The maximum atomic E-state index is 10.9. The van der Waals surface area contributed by atoms with Gasteiger partial charge in [-0.1, -0.05) is 30.3 Å². The van der Waals surface area contributed by atoms with Crippen molar-refractivity contribution in [3.8, 4) is 5.75 Å². The Balaban J connectivity index is 2.59. The Kier molecular flexibility index (Phi) is 3.69. The molecule has 4 N–H and O–H groups in total. The normalized spacial score (nSPS) is 14.1. The maximum Gasteiger partial charge on any atom is 0.323 e. The van der Waals surface area contributed by atoms with Crippen LogP contribution < -0.4 is 10.5 Å². The minimum atomic E-state index is -1.36. The predicted octanol–water partition coefficient (Wildman–Crippen LogP) is 1.29. The molecule has 2 unspecified atom stereocenters. The van der Waals surface area contributed by atoms with E-state index in [-0.39, 0.29) is 0 Å². The topological polar surface area (TPSA) is 92.8 Å². The largest absolute Gasteiger partial charge is 0.496 e. The molecule has 2 atom stereocenters. The number of fused-ring (bicyclic) bond motifs is 1. The molecule has 0 bridgehead atoms. The summed E-state index contributed by atoms with van der Waals surface area (Å²) in [7, 11) is 1.56. The van der Waals surface area contributed by atoms with E-state index < -0.39 is 18.1 Å². The molecule has 2 aromatic carbocycles. The second kappa shape index (κ2) is 5.26. The molecule has 2 rings (SSSR count). The van der Waals surface area contributed by atoms with E-state index in [0.717, 1.165) is 10.8 Å². The molecule has 5 nitrogen and oxygen atoms in total. The second-order valence-electron chi connectivity index (χ2n) is 4.21. The Morgan fingerprint density at radius 1 is 1.21 bits per heavy atom. The summed E-state index contributed by atoms with van der Waals surface area (Å²) in [6.07, 6.45) is -1.27. The lowest BCUT2D eigenvalue weighted by molar-refractivity contribution is -0.141. The highest BCUT2D eigenvalue weighted by molar-refractivity contribution is 5.92. The van der Waals surface area contributed by atoms with E-state index in [9.17, 15) is 9.90 Å². The van der Waals surface area contributed by atoms with E-state index in [1.54, 1.807) is 25.3 Å². The van der Waals surface area contributed by atoms with Gasteiger partial charge in [-0.2, -0.15) is 0 Å². The first-order valence-corrected chi connectivity index (χ1v) is 5.78. The summed E-state index contributed by atoms with van der Waals surface area (Å²) < 4.78 is 5.24. The zero-order chi connectivity index (χ0) is 14.0. The van der Waals surface area contributed by atoms with Gasteiger partial charge in [0.2, 0.25) is 0 Å². The molecule has 0 saturated heterocycles. The van der Waals surface area contributed by atoms with E-state index in [4.69, 9.17) is 15.6 Å².